The third kappa shape index (κ3) is 4.74. The van der Waals surface area contributed by atoms with Crippen LogP contribution >= 0.6 is 0 Å². The minimum atomic E-state index is -0.197. The molecule has 3 aromatic rings. The Kier molecular flexibility index (Phi) is 5.16. The molecule has 1 N–H and O–H groups in total. The molecule has 0 unspecified atom stereocenters. The van der Waals surface area contributed by atoms with Crippen LogP contribution < -0.4 is 10.1 Å². The summed E-state index contributed by atoms with van der Waals surface area (Å²) in [6, 6.07) is 12.6. The fourth-order valence-electron chi connectivity index (χ4n) is 2.10. The molecule has 7 nitrogen and oxygen atoms in total. The van der Waals surface area contributed by atoms with Gasteiger partial charge in [0.05, 0.1) is 0 Å². The Balaban J connectivity index is 1.56. The second kappa shape index (κ2) is 7.87. The molecule has 0 saturated carbocycles. The molecule has 2 heterocycles. The second-order valence-corrected chi connectivity index (χ2v) is 5.30. The van der Waals surface area contributed by atoms with Crippen LogP contribution in [0.25, 0.3) is 0 Å². The summed E-state index contributed by atoms with van der Waals surface area (Å²) in [5, 5.41) is 2.84. The van der Waals surface area contributed by atoms with E-state index < -0.39 is 0 Å². The molecular formula is C18H17N5O2. The van der Waals surface area contributed by atoms with Crippen LogP contribution in [0.3, 0.4) is 0 Å². The van der Waals surface area contributed by atoms with Gasteiger partial charge in [-0.2, -0.15) is 0 Å². The molecule has 0 radical (unpaired) electrons. The van der Waals surface area contributed by atoms with Crippen molar-refractivity contribution in [3.05, 3.63) is 72.8 Å². The third-order valence-corrected chi connectivity index (χ3v) is 3.37. The average Bonchev–Trinajstić information content (AvgIpc) is 2.65. The van der Waals surface area contributed by atoms with Gasteiger partial charge in [-0.15, -0.1) is 0 Å². The minimum Gasteiger partial charge on any atom is -0.424 e. The van der Waals surface area contributed by atoms with Gasteiger partial charge in [0, 0.05) is 44.1 Å². The van der Waals surface area contributed by atoms with Gasteiger partial charge in [-0.1, -0.05) is 0 Å². The summed E-state index contributed by atoms with van der Waals surface area (Å²) >= 11 is 0. The van der Waals surface area contributed by atoms with Crippen molar-refractivity contribution in [1.29, 1.82) is 0 Å². The zero-order chi connectivity index (χ0) is 17.5. The van der Waals surface area contributed by atoms with E-state index in [2.05, 4.69) is 20.3 Å². The molecule has 2 amide bonds. The highest BCUT2D eigenvalue weighted by Gasteiger charge is 2.09. The average molecular weight is 335 g/mol. The summed E-state index contributed by atoms with van der Waals surface area (Å²) in [5.74, 6) is 0.592. The molecule has 25 heavy (non-hydrogen) atoms. The molecule has 7 heteroatoms. The fraction of sp³-hybridized carbons (Fsp3) is 0.111. The number of anilines is 1. The van der Waals surface area contributed by atoms with Crippen molar-refractivity contribution in [2.24, 2.45) is 0 Å². The largest absolute Gasteiger partial charge is 0.424 e. The van der Waals surface area contributed by atoms with Crippen molar-refractivity contribution in [2.45, 2.75) is 6.54 Å². The molecule has 0 spiro atoms. The van der Waals surface area contributed by atoms with E-state index in [1.807, 2.05) is 12.1 Å². The first-order valence-electron chi connectivity index (χ1n) is 7.67. The number of pyridine rings is 1. The first-order valence-corrected chi connectivity index (χ1v) is 7.67. The van der Waals surface area contributed by atoms with Crippen molar-refractivity contribution in [3.8, 4) is 11.8 Å². The Morgan fingerprint density at radius 1 is 1.04 bits per heavy atom. The first-order chi connectivity index (χ1) is 12.2. The van der Waals surface area contributed by atoms with Crippen molar-refractivity contribution < 1.29 is 9.53 Å². The van der Waals surface area contributed by atoms with E-state index in [1.165, 1.54) is 0 Å². The molecule has 0 atom stereocenters. The van der Waals surface area contributed by atoms with Crippen LogP contribution in [0.4, 0.5) is 10.5 Å². The molecule has 1 aromatic carbocycles. The van der Waals surface area contributed by atoms with Crippen molar-refractivity contribution >= 4 is 11.7 Å². The summed E-state index contributed by atoms with van der Waals surface area (Å²) in [6.45, 7) is 0.501. The monoisotopic (exact) mass is 335 g/mol. The van der Waals surface area contributed by atoms with Crippen LogP contribution in [0.15, 0.2) is 67.3 Å². The lowest BCUT2D eigenvalue weighted by Crippen LogP contribution is -2.30. The normalized spacial score (nSPS) is 10.1. The maximum absolute atomic E-state index is 12.2. The lowest BCUT2D eigenvalue weighted by atomic mass is 10.2. The maximum Gasteiger partial charge on any atom is 0.321 e. The summed E-state index contributed by atoms with van der Waals surface area (Å²) in [4.78, 5) is 25.8. The number of carbonyl (C=O) groups is 1. The summed E-state index contributed by atoms with van der Waals surface area (Å²) in [6.07, 6.45) is 6.62. The number of nitrogens with one attached hydrogen (secondary N) is 1. The molecule has 0 aliphatic carbocycles. The van der Waals surface area contributed by atoms with E-state index in [-0.39, 0.29) is 12.0 Å². The van der Waals surface area contributed by atoms with Gasteiger partial charge in [0.25, 0.3) is 0 Å². The Hall–Kier alpha value is -3.48. The Morgan fingerprint density at radius 2 is 1.72 bits per heavy atom. The van der Waals surface area contributed by atoms with Gasteiger partial charge in [-0.05, 0) is 48.0 Å². The Morgan fingerprint density at radius 3 is 2.40 bits per heavy atom. The highest BCUT2D eigenvalue weighted by Crippen LogP contribution is 2.20. The lowest BCUT2D eigenvalue weighted by molar-refractivity contribution is 0.220. The second-order valence-electron chi connectivity index (χ2n) is 5.30. The minimum absolute atomic E-state index is 0.197. The molecule has 2 aromatic heterocycles. The zero-order valence-electron chi connectivity index (χ0n) is 13.7. The van der Waals surface area contributed by atoms with Gasteiger partial charge in [0.2, 0.25) is 0 Å². The van der Waals surface area contributed by atoms with Gasteiger partial charge < -0.3 is 15.0 Å². The van der Waals surface area contributed by atoms with E-state index >= 15 is 0 Å². The van der Waals surface area contributed by atoms with Crippen molar-refractivity contribution in [2.75, 3.05) is 12.4 Å². The lowest BCUT2D eigenvalue weighted by Gasteiger charge is -2.18. The fourth-order valence-corrected chi connectivity index (χ4v) is 2.10. The number of rotatable bonds is 5. The molecule has 0 saturated heterocycles. The summed E-state index contributed by atoms with van der Waals surface area (Å²) < 4.78 is 5.51. The number of carbonyl (C=O) groups excluding carboxylic acids is 1. The Labute approximate surface area is 145 Å². The molecular weight excluding hydrogens is 318 g/mol. The topological polar surface area (TPSA) is 80.2 Å². The number of nitrogens with zero attached hydrogens (tertiary/aromatic N) is 4. The predicted molar refractivity (Wildman–Crippen MR) is 93.3 cm³/mol. The summed E-state index contributed by atoms with van der Waals surface area (Å²) in [5.41, 5.74) is 1.69. The van der Waals surface area contributed by atoms with Gasteiger partial charge in [0.15, 0.2) is 0 Å². The molecule has 3 rings (SSSR count). The zero-order valence-corrected chi connectivity index (χ0v) is 13.7. The van der Waals surface area contributed by atoms with Crippen LogP contribution in [0.5, 0.6) is 11.8 Å². The predicted octanol–water partition coefficient (Wildman–Crippen LogP) is 3.33. The third-order valence-electron chi connectivity index (χ3n) is 3.37. The van der Waals surface area contributed by atoms with Crippen LogP contribution in [-0.2, 0) is 6.54 Å². The highest BCUT2D eigenvalue weighted by atomic mass is 16.5. The van der Waals surface area contributed by atoms with Gasteiger partial charge in [0.1, 0.15) is 5.75 Å². The number of benzene rings is 1. The Bertz CT molecular complexity index is 810. The maximum atomic E-state index is 12.2. The van der Waals surface area contributed by atoms with Crippen LogP contribution in [0, 0.1) is 0 Å². The van der Waals surface area contributed by atoms with E-state index in [4.69, 9.17) is 4.74 Å². The number of ether oxygens (including phenoxy) is 1. The molecule has 0 bridgehead atoms. The van der Waals surface area contributed by atoms with Crippen LogP contribution in [0.2, 0.25) is 0 Å². The van der Waals surface area contributed by atoms with E-state index in [0.717, 1.165) is 5.56 Å². The molecule has 0 aliphatic heterocycles. The number of hydrogen-bond acceptors (Lipinski definition) is 5. The molecule has 0 fully saturated rings. The smallest absolute Gasteiger partial charge is 0.321 e. The quantitative estimate of drug-likeness (QED) is 0.773. The van der Waals surface area contributed by atoms with Crippen molar-refractivity contribution in [1.82, 2.24) is 19.9 Å². The van der Waals surface area contributed by atoms with Crippen LogP contribution in [0.1, 0.15) is 5.56 Å². The standard InChI is InChI=1S/C18H17N5O2/c1-23(13-14-7-11-19-12-8-14)18(24)22-15-3-5-16(6-4-15)25-17-20-9-2-10-21-17/h2-12H,13H2,1H3,(H,22,24). The number of aromatic nitrogens is 3. The van der Waals surface area contributed by atoms with Gasteiger partial charge >= 0.3 is 12.0 Å². The number of urea groups is 1. The van der Waals surface area contributed by atoms with E-state index in [0.29, 0.717) is 18.0 Å². The SMILES string of the molecule is CN(Cc1ccncc1)C(=O)Nc1ccc(Oc2ncccn2)cc1. The molecule has 126 valence electrons. The first kappa shape index (κ1) is 16.4. The van der Waals surface area contributed by atoms with Gasteiger partial charge in [-0.3, -0.25) is 4.98 Å². The van der Waals surface area contributed by atoms with Crippen molar-refractivity contribution in [3.63, 3.8) is 0 Å². The number of amides is 2. The molecule has 0 aliphatic rings. The highest BCUT2D eigenvalue weighted by molar-refractivity contribution is 5.89. The van der Waals surface area contributed by atoms with Crippen LogP contribution in [-0.4, -0.2) is 32.9 Å². The summed E-state index contributed by atoms with van der Waals surface area (Å²) in [7, 11) is 1.74. The number of hydrogen-bond donors (Lipinski definition) is 1. The van der Waals surface area contributed by atoms with Gasteiger partial charge in [-0.25, -0.2) is 14.8 Å². The van der Waals surface area contributed by atoms with E-state index in [9.17, 15) is 4.79 Å². The van der Waals surface area contributed by atoms with E-state index in [1.54, 1.807) is 67.1 Å².